The molecule has 126 valence electrons. The molecular formula is C18H23N5O. The maximum absolute atomic E-state index is 12.8. The van der Waals surface area contributed by atoms with Crippen LogP contribution in [0.2, 0.25) is 0 Å². The van der Waals surface area contributed by atoms with Crippen LogP contribution in [-0.2, 0) is 13.0 Å². The van der Waals surface area contributed by atoms with Crippen molar-refractivity contribution in [2.45, 2.75) is 57.7 Å². The summed E-state index contributed by atoms with van der Waals surface area (Å²) >= 11 is 0. The number of aromatic nitrogens is 3. The molecule has 4 rings (SSSR count). The van der Waals surface area contributed by atoms with Gasteiger partial charge in [-0.15, -0.1) is 10.2 Å². The van der Waals surface area contributed by atoms with Crippen LogP contribution in [0, 0.1) is 0 Å². The van der Waals surface area contributed by atoms with Crippen LogP contribution in [0.15, 0.2) is 30.3 Å². The maximum atomic E-state index is 12.8. The van der Waals surface area contributed by atoms with E-state index in [0.717, 1.165) is 43.1 Å². The van der Waals surface area contributed by atoms with Crippen molar-refractivity contribution in [1.82, 2.24) is 19.7 Å². The molecule has 2 aliphatic rings. The zero-order valence-corrected chi connectivity index (χ0v) is 14.1. The van der Waals surface area contributed by atoms with Crippen molar-refractivity contribution in [3.8, 4) is 0 Å². The van der Waals surface area contributed by atoms with E-state index in [1.807, 2.05) is 35.2 Å². The molecule has 2 bridgehead atoms. The standard InChI is InChI=1S/C18H23N5O/c1-12(2)17-21-20-16-10-14-8-9-15(11-22(16)17)23(14)18(24)19-13-6-4-3-5-7-13/h3-7,12,14-15H,8-11H2,1-2H3,(H,19,24). The summed E-state index contributed by atoms with van der Waals surface area (Å²) in [4.78, 5) is 14.9. The summed E-state index contributed by atoms with van der Waals surface area (Å²) in [5, 5.41) is 11.8. The third-order valence-electron chi connectivity index (χ3n) is 5.06. The number of fused-ring (bicyclic) bond motifs is 3. The summed E-state index contributed by atoms with van der Waals surface area (Å²) in [7, 11) is 0. The summed E-state index contributed by atoms with van der Waals surface area (Å²) in [5.74, 6) is 2.39. The molecule has 6 heteroatoms. The Kier molecular flexibility index (Phi) is 3.75. The summed E-state index contributed by atoms with van der Waals surface area (Å²) < 4.78 is 2.23. The monoisotopic (exact) mass is 325 g/mol. The smallest absolute Gasteiger partial charge is 0.316 e. The molecule has 1 aromatic heterocycles. The number of anilines is 1. The van der Waals surface area contributed by atoms with Crippen LogP contribution in [0.4, 0.5) is 10.5 Å². The second-order valence-electron chi connectivity index (χ2n) is 7.03. The molecule has 2 atom stereocenters. The average molecular weight is 325 g/mol. The Labute approximate surface area is 141 Å². The van der Waals surface area contributed by atoms with Crippen molar-refractivity contribution in [3.05, 3.63) is 42.0 Å². The Morgan fingerprint density at radius 1 is 1.17 bits per heavy atom. The molecule has 3 heterocycles. The molecule has 0 radical (unpaired) electrons. The second-order valence-corrected chi connectivity index (χ2v) is 7.03. The number of amides is 2. The molecule has 2 aliphatic heterocycles. The molecule has 1 N–H and O–H groups in total. The van der Waals surface area contributed by atoms with Gasteiger partial charge in [0.2, 0.25) is 0 Å². The number of urea groups is 1. The molecule has 2 unspecified atom stereocenters. The Morgan fingerprint density at radius 2 is 1.92 bits per heavy atom. The highest BCUT2D eigenvalue weighted by molar-refractivity contribution is 5.90. The van der Waals surface area contributed by atoms with Crippen molar-refractivity contribution >= 4 is 11.7 Å². The molecule has 2 amide bonds. The summed E-state index contributed by atoms with van der Waals surface area (Å²) in [6.07, 6.45) is 2.87. The fourth-order valence-corrected chi connectivity index (χ4v) is 3.93. The topological polar surface area (TPSA) is 63.1 Å². The number of carbonyl (C=O) groups excluding carboxylic acids is 1. The van der Waals surface area contributed by atoms with Crippen molar-refractivity contribution in [1.29, 1.82) is 0 Å². The third kappa shape index (κ3) is 2.56. The fourth-order valence-electron chi connectivity index (χ4n) is 3.93. The minimum Gasteiger partial charge on any atom is -0.316 e. The number of nitrogens with zero attached hydrogens (tertiary/aromatic N) is 4. The van der Waals surface area contributed by atoms with Gasteiger partial charge in [-0.2, -0.15) is 0 Å². The lowest BCUT2D eigenvalue weighted by atomic mass is 10.1. The lowest BCUT2D eigenvalue weighted by molar-refractivity contribution is 0.184. The van der Waals surface area contributed by atoms with Crippen LogP contribution < -0.4 is 5.32 Å². The second kappa shape index (κ2) is 5.92. The first-order chi connectivity index (χ1) is 11.6. The lowest BCUT2D eigenvalue weighted by Gasteiger charge is -2.28. The van der Waals surface area contributed by atoms with Gasteiger partial charge in [0.05, 0.1) is 6.04 Å². The van der Waals surface area contributed by atoms with Crippen LogP contribution >= 0.6 is 0 Å². The van der Waals surface area contributed by atoms with Crippen LogP contribution in [0.25, 0.3) is 0 Å². The van der Waals surface area contributed by atoms with Gasteiger partial charge in [-0.3, -0.25) is 0 Å². The molecule has 0 aliphatic carbocycles. The van der Waals surface area contributed by atoms with Crippen LogP contribution in [0.1, 0.15) is 44.3 Å². The third-order valence-corrected chi connectivity index (χ3v) is 5.06. The van der Waals surface area contributed by atoms with E-state index in [-0.39, 0.29) is 18.1 Å². The van der Waals surface area contributed by atoms with E-state index in [1.54, 1.807) is 0 Å². The van der Waals surface area contributed by atoms with Gasteiger partial charge in [0, 0.05) is 30.6 Å². The molecule has 0 spiro atoms. The van der Waals surface area contributed by atoms with E-state index in [2.05, 4.69) is 33.9 Å². The van der Waals surface area contributed by atoms with Gasteiger partial charge >= 0.3 is 6.03 Å². The first-order valence-corrected chi connectivity index (χ1v) is 8.70. The molecular weight excluding hydrogens is 302 g/mol. The number of benzene rings is 1. The van der Waals surface area contributed by atoms with Crippen molar-refractivity contribution in [3.63, 3.8) is 0 Å². The van der Waals surface area contributed by atoms with Gasteiger partial charge in [0.25, 0.3) is 0 Å². The highest BCUT2D eigenvalue weighted by Crippen LogP contribution is 2.32. The van der Waals surface area contributed by atoms with Gasteiger partial charge < -0.3 is 14.8 Å². The highest BCUT2D eigenvalue weighted by atomic mass is 16.2. The number of rotatable bonds is 2. The predicted octanol–water partition coefficient (Wildman–Crippen LogP) is 3.02. The predicted molar refractivity (Wildman–Crippen MR) is 91.9 cm³/mol. The van der Waals surface area contributed by atoms with E-state index in [1.165, 1.54) is 0 Å². The minimum absolute atomic E-state index is 0.00138. The largest absolute Gasteiger partial charge is 0.322 e. The normalized spacial score (nSPS) is 22.4. The first-order valence-electron chi connectivity index (χ1n) is 8.70. The number of nitrogens with one attached hydrogen (secondary N) is 1. The minimum atomic E-state index is -0.00138. The van der Waals surface area contributed by atoms with Crippen LogP contribution in [0.5, 0.6) is 0 Å². The number of hydrogen-bond acceptors (Lipinski definition) is 3. The Morgan fingerprint density at radius 3 is 2.67 bits per heavy atom. The molecule has 1 fully saturated rings. The van der Waals surface area contributed by atoms with Gasteiger partial charge in [-0.05, 0) is 25.0 Å². The molecule has 0 saturated carbocycles. The Bertz CT molecular complexity index is 739. The summed E-state index contributed by atoms with van der Waals surface area (Å²) in [5.41, 5.74) is 0.841. The highest BCUT2D eigenvalue weighted by Gasteiger charge is 2.41. The quantitative estimate of drug-likeness (QED) is 0.923. The Balaban J connectivity index is 1.58. The number of hydrogen-bond donors (Lipinski definition) is 1. The summed E-state index contributed by atoms with van der Waals surface area (Å²) in [6, 6.07) is 10.1. The molecule has 1 saturated heterocycles. The van der Waals surface area contributed by atoms with Crippen molar-refractivity contribution < 1.29 is 4.79 Å². The average Bonchev–Trinajstić information content (AvgIpc) is 3.08. The zero-order valence-electron chi connectivity index (χ0n) is 14.1. The molecule has 1 aromatic carbocycles. The van der Waals surface area contributed by atoms with Crippen LogP contribution in [-0.4, -0.2) is 37.8 Å². The van der Waals surface area contributed by atoms with E-state index in [9.17, 15) is 4.79 Å². The Hall–Kier alpha value is -2.37. The first kappa shape index (κ1) is 15.2. The van der Waals surface area contributed by atoms with Crippen LogP contribution in [0.3, 0.4) is 0 Å². The SMILES string of the molecule is CC(C)c1nnc2n1CC1CCC(C2)N1C(=O)Nc1ccccc1. The van der Waals surface area contributed by atoms with Gasteiger partial charge in [0.15, 0.2) is 0 Å². The maximum Gasteiger partial charge on any atom is 0.322 e. The van der Waals surface area contributed by atoms with E-state index < -0.39 is 0 Å². The van der Waals surface area contributed by atoms with Crippen molar-refractivity contribution in [2.24, 2.45) is 0 Å². The van der Waals surface area contributed by atoms with Crippen molar-refractivity contribution in [2.75, 3.05) is 5.32 Å². The van der Waals surface area contributed by atoms with E-state index >= 15 is 0 Å². The van der Waals surface area contributed by atoms with Gasteiger partial charge in [0.1, 0.15) is 11.6 Å². The van der Waals surface area contributed by atoms with E-state index in [4.69, 9.17) is 0 Å². The number of carbonyl (C=O) groups is 1. The van der Waals surface area contributed by atoms with Gasteiger partial charge in [-0.25, -0.2) is 4.79 Å². The molecule has 2 aromatic rings. The molecule has 6 nitrogen and oxygen atoms in total. The zero-order chi connectivity index (χ0) is 16.7. The van der Waals surface area contributed by atoms with Gasteiger partial charge in [-0.1, -0.05) is 32.0 Å². The molecule has 24 heavy (non-hydrogen) atoms. The summed E-state index contributed by atoms with van der Waals surface area (Å²) in [6.45, 7) is 5.08. The fraction of sp³-hybridized carbons (Fsp3) is 0.500. The number of para-hydroxylation sites is 1. The van der Waals surface area contributed by atoms with E-state index in [0.29, 0.717) is 5.92 Å². The lowest BCUT2D eigenvalue weighted by Crippen LogP contribution is -2.44.